The number of hydrogen-bond acceptors (Lipinski definition) is 4. The van der Waals surface area contributed by atoms with E-state index in [0.717, 1.165) is 16.9 Å². The molecule has 1 atom stereocenters. The second-order valence-corrected chi connectivity index (χ2v) is 4.63. The minimum Gasteiger partial charge on any atom is -0.496 e. The number of aromatic nitrogens is 3. The Labute approximate surface area is 122 Å². The van der Waals surface area contributed by atoms with E-state index in [9.17, 15) is 0 Å². The van der Waals surface area contributed by atoms with Crippen LogP contribution in [0.25, 0.3) is 11.4 Å². The fourth-order valence-corrected chi connectivity index (χ4v) is 2.18. The number of rotatable bonds is 4. The van der Waals surface area contributed by atoms with Crippen LogP contribution < -0.4 is 10.5 Å². The number of H-pyrrole nitrogens is 1. The second kappa shape index (κ2) is 5.76. The first kappa shape index (κ1) is 13.3. The van der Waals surface area contributed by atoms with Crippen molar-refractivity contribution < 1.29 is 4.74 Å². The second-order valence-electron chi connectivity index (χ2n) is 4.63. The Morgan fingerprint density at radius 2 is 1.76 bits per heavy atom. The molecule has 3 rings (SSSR count). The fraction of sp³-hybridized carbons (Fsp3) is 0.125. The Balaban J connectivity index is 1.93. The van der Waals surface area contributed by atoms with Gasteiger partial charge < -0.3 is 10.5 Å². The van der Waals surface area contributed by atoms with Crippen LogP contribution in [-0.2, 0) is 0 Å². The zero-order chi connectivity index (χ0) is 14.7. The number of methoxy groups -OCH3 is 1. The van der Waals surface area contributed by atoms with Crippen molar-refractivity contribution in [1.82, 2.24) is 15.2 Å². The molecule has 3 aromatic rings. The largest absolute Gasteiger partial charge is 0.496 e. The Morgan fingerprint density at radius 1 is 1.05 bits per heavy atom. The average molecular weight is 280 g/mol. The van der Waals surface area contributed by atoms with Crippen LogP contribution in [0.3, 0.4) is 0 Å². The van der Waals surface area contributed by atoms with Crippen molar-refractivity contribution in [2.75, 3.05) is 7.11 Å². The van der Waals surface area contributed by atoms with Crippen LogP contribution in [0.15, 0.2) is 54.6 Å². The molecule has 2 aromatic carbocycles. The lowest BCUT2D eigenvalue weighted by molar-refractivity contribution is 0.416. The topological polar surface area (TPSA) is 76.8 Å². The Morgan fingerprint density at radius 3 is 2.52 bits per heavy atom. The maximum atomic E-state index is 6.21. The number of nitrogens with one attached hydrogen (secondary N) is 1. The molecule has 106 valence electrons. The van der Waals surface area contributed by atoms with Crippen molar-refractivity contribution in [3.05, 3.63) is 66.0 Å². The number of nitrogens with zero attached hydrogens (tertiary/aromatic N) is 2. The number of nitrogens with two attached hydrogens (primary N) is 1. The van der Waals surface area contributed by atoms with Crippen LogP contribution in [0.5, 0.6) is 5.75 Å². The maximum absolute atomic E-state index is 6.21. The van der Waals surface area contributed by atoms with E-state index in [4.69, 9.17) is 10.5 Å². The van der Waals surface area contributed by atoms with Gasteiger partial charge in [-0.1, -0.05) is 42.5 Å². The predicted molar refractivity (Wildman–Crippen MR) is 80.8 cm³/mol. The molecule has 1 aromatic heterocycles. The number of ether oxygens (including phenoxy) is 1. The lowest BCUT2D eigenvalue weighted by Crippen LogP contribution is -2.13. The van der Waals surface area contributed by atoms with E-state index in [0.29, 0.717) is 11.6 Å². The third-order valence-electron chi connectivity index (χ3n) is 3.30. The van der Waals surface area contributed by atoms with Crippen molar-refractivity contribution in [2.45, 2.75) is 6.04 Å². The molecule has 0 aliphatic carbocycles. The molecule has 0 fully saturated rings. The highest BCUT2D eigenvalue weighted by molar-refractivity contribution is 5.63. The highest BCUT2D eigenvalue weighted by Crippen LogP contribution is 2.27. The number of para-hydroxylation sites is 1. The molecule has 1 unspecified atom stereocenters. The Kier molecular flexibility index (Phi) is 3.66. The molecule has 0 spiro atoms. The number of hydrogen-bond donors (Lipinski definition) is 2. The quantitative estimate of drug-likeness (QED) is 0.770. The van der Waals surface area contributed by atoms with E-state index in [1.165, 1.54) is 0 Å². The van der Waals surface area contributed by atoms with Gasteiger partial charge in [0.15, 0.2) is 5.82 Å². The number of benzene rings is 2. The first-order valence-electron chi connectivity index (χ1n) is 6.66. The molecular weight excluding hydrogens is 264 g/mol. The zero-order valence-corrected chi connectivity index (χ0v) is 11.7. The van der Waals surface area contributed by atoms with Gasteiger partial charge in [0.25, 0.3) is 0 Å². The highest BCUT2D eigenvalue weighted by Gasteiger charge is 2.16. The van der Waals surface area contributed by atoms with Crippen molar-refractivity contribution in [3.8, 4) is 17.1 Å². The third kappa shape index (κ3) is 2.64. The summed E-state index contributed by atoms with van der Waals surface area (Å²) in [7, 11) is 1.63. The Hall–Kier alpha value is -2.66. The summed E-state index contributed by atoms with van der Waals surface area (Å²) in [6.07, 6.45) is 0. The van der Waals surface area contributed by atoms with Gasteiger partial charge in [0.05, 0.1) is 18.7 Å². The van der Waals surface area contributed by atoms with Crippen molar-refractivity contribution >= 4 is 0 Å². The molecule has 0 bridgehead atoms. The Bertz CT molecular complexity index is 724. The first-order chi connectivity index (χ1) is 10.3. The van der Waals surface area contributed by atoms with E-state index in [-0.39, 0.29) is 6.04 Å². The lowest BCUT2D eigenvalue weighted by atomic mass is 10.1. The summed E-state index contributed by atoms with van der Waals surface area (Å²) in [5.74, 6) is 1.94. The molecule has 21 heavy (non-hydrogen) atoms. The van der Waals surface area contributed by atoms with E-state index in [1.54, 1.807) is 7.11 Å². The summed E-state index contributed by atoms with van der Waals surface area (Å²) >= 11 is 0. The zero-order valence-electron chi connectivity index (χ0n) is 11.7. The number of aromatic amines is 1. The summed E-state index contributed by atoms with van der Waals surface area (Å²) in [4.78, 5) is 4.49. The summed E-state index contributed by atoms with van der Waals surface area (Å²) in [6, 6.07) is 17.1. The lowest BCUT2D eigenvalue weighted by Gasteiger charge is -2.07. The van der Waals surface area contributed by atoms with Gasteiger partial charge in [-0.3, -0.25) is 5.10 Å². The third-order valence-corrected chi connectivity index (χ3v) is 3.30. The SMILES string of the molecule is COc1ccccc1-c1n[nH]c(C(N)c2ccccc2)n1. The molecule has 0 saturated carbocycles. The maximum Gasteiger partial charge on any atom is 0.184 e. The minimum absolute atomic E-state index is 0.331. The van der Waals surface area contributed by atoms with Gasteiger partial charge in [-0.2, -0.15) is 5.10 Å². The van der Waals surface area contributed by atoms with Gasteiger partial charge >= 0.3 is 0 Å². The average Bonchev–Trinajstić information content (AvgIpc) is 3.04. The molecule has 0 amide bonds. The summed E-state index contributed by atoms with van der Waals surface area (Å²) < 4.78 is 5.33. The molecule has 0 radical (unpaired) electrons. The monoisotopic (exact) mass is 280 g/mol. The molecule has 3 N–H and O–H groups in total. The van der Waals surface area contributed by atoms with E-state index < -0.39 is 0 Å². The van der Waals surface area contributed by atoms with Gasteiger partial charge in [0.1, 0.15) is 11.6 Å². The fourth-order valence-electron chi connectivity index (χ4n) is 2.18. The molecule has 0 saturated heterocycles. The highest BCUT2D eigenvalue weighted by atomic mass is 16.5. The van der Waals surface area contributed by atoms with Gasteiger partial charge in [-0.05, 0) is 17.7 Å². The van der Waals surface area contributed by atoms with Crippen LogP contribution in [0.1, 0.15) is 17.4 Å². The smallest absolute Gasteiger partial charge is 0.184 e. The van der Waals surface area contributed by atoms with Crippen molar-refractivity contribution in [3.63, 3.8) is 0 Å². The summed E-state index contributed by atoms with van der Waals surface area (Å²) in [5.41, 5.74) is 8.04. The summed E-state index contributed by atoms with van der Waals surface area (Å²) in [5, 5.41) is 7.16. The van der Waals surface area contributed by atoms with Gasteiger partial charge in [0.2, 0.25) is 0 Å². The van der Waals surface area contributed by atoms with E-state index >= 15 is 0 Å². The minimum atomic E-state index is -0.331. The first-order valence-corrected chi connectivity index (χ1v) is 6.66. The van der Waals surface area contributed by atoms with Crippen molar-refractivity contribution in [2.24, 2.45) is 5.73 Å². The van der Waals surface area contributed by atoms with Crippen molar-refractivity contribution in [1.29, 1.82) is 0 Å². The van der Waals surface area contributed by atoms with Gasteiger partial charge in [-0.25, -0.2) is 4.98 Å². The molecular formula is C16H16N4O. The molecule has 1 heterocycles. The standard InChI is InChI=1S/C16H16N4O/c1-21-13-10-6-5-9-12(13)15-18-16(20-19-15)14(17)11-7-3-2-4-8-11/h2-10,14H,17H2,1H3,(H,18,19,20). The normalized spacial score (nSPS) is 12.1. The van der Waals surface area contributed by atoms with Crippen LogP contribution in [0, 0.1) is 0 Å². The van der Waals surface area contributed by atoms with Crippen LogP contribution in [-0.4, -0.2) is 22.3 Å². The molecule has 0 aliphatic heterocycles. The molecule has 0 aliphatic rings. The van der Waals surface area contributed by atoms with Crippen LogP contribution >= 0.6 is 0 Å². The van der Waals surface area contributed by atoms with E-state index in [2.05, 4.69) is 15.2 Å². The molecule has 5 nitrogen and oxygen atoms in total. The van der Waals surface area contributed by atoms with Gasteiger partial charge in [0, 0.05) is 0 Å². The summed E-state index contributed by atoms with van der Waals surface area (Å²) in [6.45, 7) is 0. The van der Waals surface area contributed by atoms with Crippen LogP contribution in [0.2, 0.25) is 0 Å². The molecule has 5 heteroatoms. The van der Waals surface area contributed by atoms with E-state index in [1.807, 2.05) is 54.6 Å². The van der Waals surface area contributed by atoms with Crippen LogP contribution in [0.4, 0.5) is 0 Å². The predicted octanol–water partition coefficient (Wildman–Crippen LogP) is 2.53. The van der Waals surface area contributed by atoms with Gasteiger partial charge in [-0.15, -0.1) is 0 Å².